The van der Waals surface area contributed by atoms with Gasteiger partial charge in [-0.25, -0.2) is 21.0 Å². The zero-order valence-corrected chi connectivity index (χ0v) is 54.4. The summed E-state index contributed by atoms with van der Waals surface area (Å²) < 4.78 is 196. The van der Waals surface area contributed by atoms with Gasteiger partial charge in [0.1, 0.15) is 43.1 Å². The van der Waals surface area contributed by atoms with E-state index >= 15 is 0 Å². The summed E-state index contributed by atoms with van der Waals surface area (Å²) >= 11 is 0.982. The Morgan fingerprint density at radius 1 is 0.337 bits per heavy atom. The van der Waals surface area contributed by atoms with Crippen molar-refractivity contribution in [3.05, 3.63) is 115 Å². The molecule has 0 aromatic heterocycles. The highest BCUT2D eigenvalue weighted by Crippen LogP contribution is 2.52. The van der Waals surface area contributed by atoms with Gasteiger partial charge in [-0.05, 0) is 113 Å². The van der Waals surface area contributed by atoms with E-state index in [4.69, 9.17) is 26.8 Å². The Hall–Kier alpha value is -8.43. The summed E-state index contributed by atoms with van der Waals surface area (Å²) in [6.45, 7) is 0. The van der Waals surface area contributed by atoms with Crippen LogP contribution in [0.4, 0.5) is 51.2 Å². The van der Waals surface area contributed by atoms with Crippen LogP contribution in [0.1, 0.15) is 0 Å². The standard InChI is InChI=1S/C50H33N9O30S9/c51-42-41-23(15-39(98(79,80)81)47(50(41)62)58-52-24-6-7-28-22(10-24)14-38(97(76,77)78)46(48(28)60)59-54-32-18-26(94(67,68)69)11-21-2-1-3-33(40(21)32)90-86-82-63)13-35(92-88-84-65)44(42)56-53-25-5-4-20-12-36(93-89-85-66)45(49(61)30(20)16-25)57-55-43-31-17-27(95(70,71)72)19-34(91-87-83-64)29(31)8-9-37(43)96(73,74)75/h1-19,60-66H,51H2,(H,67,68,69)(H,70,71,72)(H,73,74,75)(H,76,77,78)(H,79,80,81). The number of benzene rings is 10. The van der Waals surface area contributed by atoms with Crippen LogP contribution < -0.4 is 5.73 Å². The fraction of sp³-hybridized carbons (Fsp3) is 0. The van der Waals surface area contributed by atoms with Gasteiger partial charge >= 0.3 is 0 Å². The fourth-order valence-electron chi connectivity index (χ4n) is 9.35. The number of nitrogens with zero attached hydrogens (tertiary/aromatic N) is 8. The molecule has 39 nitrogen and oxygen atoms in total. The first-order valence-corrected chi connectivity index (χ1v) is 35.4. The summed E-state index contributed by atoms with van der Waals surface area (Å²) in [5.41, 5.74) is 1.37. The molecular formula is C50H33N9O30S9. The lowest BCUT2D eigenvalue weighted by atomic mass is 10.0. The summed E-state index contributed by atoms with van der Waals surface area (Å²) in [7, 11) is -26.1. The van der Waals surface area contributed by atoms with E-state index in [1.807, 2.05) is 0 Å². The van der Waals surface area contributed by atoms with Crippen LogP contribution in [-0.2, 0) is 88.1 Å². The smallest absolute Gasteiger partial charge is 0.296 e. The molecule has 14 N–H and O–H groups in total. The van der Waals surface area contributed by atoms with Gasteiger partial charge in [0.2, 0.25) is 0 Å². The maximum atomic E-state index is 13.0. The van der Waals surface area contributed by atoms with Gasteiger partial charge in [0.25, 0.3) is 50.6 Å². The Bertz CT molecular complexity index is 5700. The highest BCUT2D eigenvalue weighted by atomic mass is 32.2. The number of phenolic OH excluding ortho intramolecular Hbond substituents is 3. The number of phenols is 3. The van der Waals surface area contributed by atoms with Crippen molar-refractivity contribution in [2.45, 2.75) is 44.1 Å². The third-order valence-electron chi connectivity index (χ3n) is 13.4. The molecule has 0 bridgehead atoms. The molecule has 0 radical (unpaired) electrons. The second-order valence-electron chi connectivity index (χ2n) is 19.1. The van der Waals surface area contributed by atoms with Crippen LogP contribution in [0.3, 0.4) is 0 Å². The average Bonchev–Trinajstić information content (AvgIpc) is 0.763. The molecule has 0 amide bonds. The summed E-state index contributed by atoms with van der Waals surface area (Å²) in [4.78, 5) is -5.49. The topological polar surface area (TPSA) is 612 Å². The zero-order valence-electron chi connectivity index (χ0n) is 47.0. The number of hydrogen-bond acceptors (Lipinski definition) is 38. The number of nitrogens with two attached hydrogens (primary N) is 1. The van der Waals surface area contributed by atoms with E-state index < -0.39 is 143 Å². The van der Waals surface area contributed by atoms with Crippen molar-refractivity contribution in [2.75, 3.05) is 5.73 Å². The number of hydrogen-bond donors (Lipinski definition) is 13. The molecule has 0 atom stereocenters. The van der Waals surface area contributed by atoms with Crippen LogP contribution in [0, 0.1) is 0 Å². The third kappa shape index (κ3) is 15.4. The summed E-state index contributed by atoms with van der Waals surface area (Å²) in [5, 5.41) is 116. The molecule has 48 heteroatoms. The number of fused-ring (bicyclic) bond motifs is 5. The van der Waals surface area contributed by atoms with Gasteiger partial charge in [-0.1, -0.05) is 44.4 Å². The van der Waals surface area contributed by atoms with Gasteiger partial charge in [-0.3, -0.25) is 22.8 Å². The lowest BCUT2D eigenvalue weighted by Gasteiger charge is -2.14. The Morgan fingerprint density at radius 2 is 0.827 bits per heavy atom. The zero-order chi connectivity index (χ0) is 71.0. The van der Waals surface area contributed by atoms with E-state index in [9.17, 15) is 80.2 Å². The second-order valence-corrected chi connectivity index (χ2v) is 29.0. The first-order valence-electron chi connectivity index (χ1n) is 25.3. The molecule has 0 spiro atoms. The molecule has 0 heterocycles. The highest BCUT2D eigenvalue weighted by molar-refractivity contribution is 7.95. The molecule has 512 valence electrons. The first-order chi connectivity index (χ1) is 46.2. The van der Waals surface area contributed by atoms with Gasteiger partial charge in [0.15, 0.2) is 17.2 Å². The maximum Gasteiger partial charge on any atom is 0.296 e. The van der Waals surface area contributed by atoms with Crippen molar-refractivity contribution in [3.8, 4) is 17.2 Å². The van der Waals surface area contributed by atoms with Gasteiger partial charge in [0.05, 0.1) is 95.9 Å². The number of aromatic hydroxyl groups is 3. The molecule has 10 aromatic rings. The van der Waals surface area contributed by atoms with Crippen molar-refractivity contribution in [1.82, 2.24) is 0 Å². The number of rotatable bonds is 25. The predicted molar refractivity (Wildman–Crippen MR) is 338 cm³/mol. The minimum Gasteiger partial charge on any atom is -0.505 e. The normalized spacial score (nSPS) is 13.0. The fourth-order valence-corrected chi connectivity index (χ4v) is 14.5. The monoisotopic (exact) mass is 1530 g/mol. The molecule has 0 saturated carbocycles. The largest absolute Gasteiger partial charge is 0.505 e. The SMILES string of the molecule is Nc1c(N=Nc2ccc3cc(SOOO)c(N=Nc4c(S(=O)(=O)O)ccc5c(SOOO)cc(S(=O)(=O)O)cc45)c(O)c3c2)c(SOOO)cc2cc(S(=O)(=O)O)c(N=Nc3ccc4c(O)c(N=Nc5cc(S(=O)(=O)O)cc6cccc(SOOO)c56)c(S(=O)(=O)O)cc4c3)c(O)c12. The van der Waals surface area contributed by atoms with Crippen molar-refractivity contribution in [2.24, 2.45) is 40.9 Å². The van der Waals surface area contributed by atoms with Crippen molar-refractivity contribution < 1.29 is 139 Å². The van der Waals surface area contributed by atoms with Gasteiger partial charge in [-0.2, -0.15) is 52.3 Å². The van der Waals surface area contributed by atoms with E-state index in [2.05, 4.69) is 78.4 Å². The molecule has 10 aromatic carbocycles. The summed E-state index contributed by atoms with van der Waals surface area (Å²) in [5.74, 6) is -2.90. The predicted octanol–water partition coefficient (Wildman–Crippen LogP) is 13.8. The number of azo groups is 4. The molecule has 0 unspecified atom stereocenters. The lowest BCUT2D eigenvalue weighted by Crippen LogP contribution is -2.01. The molecule has 0 aliphatic rings. The molecule has 0 aliphatic carbocycles. The molecule has 0 fully saturated rings. The number of nitrogen functional groups attached to an aromatic ring is 1. The van der Waals surface area contributed by atoms with Crippen LogP contribution in [0.25, 0.3) is 53.9 Å². The van der Waals surface area contributed by atoms with Gasteiger partial charge in [0, 0.05) is 36.7 Å². The number of anilines is 1. The maximum absolute atomic E-state index is 13.0. The molecule has 0 aliphatic heterocycles. The Balaban J connectivity index is 1.05. The first kappa shape index (κ1) is 72.3. The Morgan fingerprint density at radius 3 is 1.44 bits per heavy atom. The lowest BCUT2D eigenvalue weighted by molar-refractivity contribution is -0.432. The van der Waals surface area contributed by atoms with Crippen molar-refractivity contribution >= 4 is 204 Å². The van der Waals surface area contributed by atoms with Crippen LogP contribution in [-0.4, -0.2) is 101 Å². The quantitative estimate of drug-likeness (QED) is 0.00631. The molecule has 0 saturated heterocycles. The van der Waals surface area contributed by atoms with E-state index in [1.165, 1.54) is 36.4 Å². The van der Waals surface area contributed by atoms with E-state index in [0.717, 1.165) is 78.9 Å². The Labute approximate surface area is 562 Å². The van der Waals surface area contributed by atoms with Gasteiger partial charge in [-0.15, -0.1) is 48.0 Å². The van der Waals surface area contributed by atoms with E-state index in [-0.39, 0.29) is 110 Å². The summed E-state index contributed by atoms with van der Waals surface area (Å²) in [6.07, 6.45) is 0. The van der Waals surface area contributed by atoms with Crippen LogP contribution in [0.5, 0.6) is 17.2 Å². The van der Waals surface area contributed by atoms with E-state index in [1.54, 1.807) is 0 Å². The Kier molecular flexibility index (Phi) is 21.3. The van der Waals surface area contributed by atoms with Crippen LogP contribution in [0.15, 0.2) is 200 Å². The van der Waals surface area contributed by atoms with Crippen LogP contribution >= 0.6 is 48.2 Å². The van der Waals surface area contributed by atoms with Gasteiger partial charge < -0.3 is 21.1 Å². The molecular weight excluding hydrogens is 1500 g/mol. The summed E-state index contributed by atoms with van der Waals surface area (Å²) in [6, 6.07) is 20.3. The van der Waals surface area contributed by atoms with Crippen molar-refractivity contribution in [1.29, 1.82) is 0 Å². The second kappa shape index (κ2) is 28.8. The minimum atomic E-state index is -5.40. The molecule has 98 heavy (non-hydrogen) atoms. The highest BCUT2D eigenvalue weighted by Gasteiger charge is 2.29. The van der Waals surface area contributed by atoms with Crippen LogP contribution in [0.2, 0.25) is 0 Å². The molecule has 10 rings (SSSR count). The average molecular weight is 1530 g/mol. The van der Waals surface area contributed by atoms with Crippen molar-refractivity contribution in [3.63, 3.8) is 0 Å². The third-order valence-corrected chi connectivity index (χ3v) is 20.2. The minimum absolute atomic E-state index is 0.0303. The van der Waals surface area contributed by atoms with E-state index in [0.29, 0.717) is 12.0 Å².